The summed E-state index contributed by atoms with van der Waals surface area (Å²) in [4.78, 5) is 0. The van der Waals surface area contributed by atoms with Gasteiger partial charge in [-0.1, -0.05) is 235 Å². The maximum Gasteiger partial charge on any atom is 0.0380 e. The Hall–Kier alpha value is -5.12. The summed E-state index contributed by atoms with van der Waals surface area (Å²) < 4.78 is 0. The van der Waals surface area contributed by atoms with E-state index in [1.807, 2.05) is 6.08 Å². The van der Waals surface area contributed by atoms with Crippen LogP contribution in [0.2, 0.25) is 0 Å². The number of hydrogen-bond acceptors (Lipinski definition) is 0. The molecule has 0 spiro atoms. The molecule has 0 radical (unpaired) electrons. The Kier molecular flexibility index (Phi) is 37.3. The van der Waals surface area contributed by atoms with Crippen molar-refractivity contribution in [3.63, 3.8) is 0 Å². The molecule has 9 rings (SSSR count). The highest BCUT2D eigenvalue weighted by Crippen LogP contribution is 2.25. The highest BCUT2D eigenvalue weighted by molar-refractivity contribution is 5.29. The van der Waals surface area contributed by atoms with Gasteiger partial charge in [0.25, 0.3) is 0 Å². The van der Waals surface area contributed by atoms with Crippen LogP contribution in [-0.4, -0.2) is 0 Å². The predicted molar refractivity (Wildman–Crippen MR) is 329 cm³/mol. The molecule has 9 aliphatic carbocycles. The molecule has 1 saturated carbocycles. The molecule has 0 saturated heterocycles. The minimum absolute atomic E-state index is 0.434. The highest BCUT2D eigenvalue weighted by Gasteiger charge is 2.07. The second kappa shape index (κ2) is 41.4. The van der Waals surface area contributed by atoms with Crippen LogP contribution in [0, 0.1) is 36.0 Å². The van der Waals surface area contributed by atoms with E-state index >= 15 is 0 Å². The molecule has 0 aromatic rings. The number of allylic oxidation sites excluding steroid dienone is 33. The van der Waals surface area contributed by atoms with Gasteiger partial charge in [-0.05, 0) is 195 Å². The molecule has 0 aliphatic heterocycles. The average molecular weight is 970 g/mol. The Morgan fingerprint density at radius 3 is 1.36 bits per heavy atom. The Morgan fingerprint density at radius 1 is 0.542 bits per heavy atom. The summed E-state index contributed by atoms with van der Waals surface area (Å²) in [6, 6.07) is 0. The van der Waals surface area contributed by atoms with E-state index in [9.17, 15) is 0 Å². The number of rotatable bonds is 2. The standard InChI is InChI=1S/7C8H12.2C8H10/c3*1-7-3-5-8(2)6-4-7;1-7-4-3-5-8(2)6-7;2*1-7-5-3-4-6-8(7)2;3*1-2-8-6-4-3-5-7-8/h3,6H,4-5H2,1-2H3;3,5H,4,6H2,1-2H3;1-6H2;4-5H,3,6H2,1-2H3;5-6H,3-4H2,1-2H3;3-8H,1-2H3;3-4,7H,2,5-6H2,1H3;2-6,8H,1,7H2;1,4,6,8H,3,5,7H2. The molecule has 0 N–H and O–H groups in total. The molecular weight excluding hydrogens is 865 g/mol. The van der Waals surface area contributed by atoms with Crippen LogP contribution >= 0.6 is 0 Å². The molecule has 392 valence electrons. The maximum absolute atomic E-state index is 5.20. The van der Waals surface area contributed by atoms with Crippen molar-refractivity contribution in [2.24, 2.45) is 23.7 Å². The fourth-order valence-corrected chi connectivity index (χ4v) is 8.10. The van der Waals surface area contributed by atoms with E-state index in [0.29, 0.717) is 11.8 Å². The van der Waals surface area contributed by atoms with Crippen molar-refractivity contribution in [3.05, 3.63) is 215 Å². The molecule has 4 unspecified atom stereocenters. The van der Waals surface area contributed by atoms with Gasteiger partial charge in [0.05, 0.1) is 0 Å². The first-order chi connectivity index (χ1) is 34.6. The average Bonchev–Trinajstić information content (AvgIpc) is 3.40. The first-order valence-electron chi connectivity index (χ1n) is 28.0. The molecule has 0 heteroatoms. The van der Waals surface area contributed by atoms with Gasteiger partial charge in [-0.3, -0.25) is 0 Å². The largest absolute Gasteiger partial charge is 0.119 e. The number of hydrogen-bond donors (Lipinski definition) is 0. The molecule has 4 atom stereocenters. The lowest BCUT2D eigenvalue weighted by atomic mass is 9.92. The van der Waals surface area contributed by atoms with E-state index in [-0.39, 0.29) is 0 Å². The molecule has 0 amide bonds. The molecule has 0 bridgehead atoms. The number of terminal acetylenes is 1. The first kappa shape index (κ1) is 64.9. The van der Waals surface area contributed by atoms with Crippen LogP contribution in [0.15, 0.2) is 215 Å². The summed E-state index contributed by atoms with van der Waals surface area (Å²) in [6.45, 7) is 35.7. The predicted octanol–water partition coefficient (Wildman–Crippen LogP) is 22.7. The minimum Gasteiger partial charge on any atom is -0.119 e. The topological polar surface area (TPSA) is 0 Å². The molecular formula is C72H104. The van der Waals surface area contributed by atoms with E-state index < -0.39 is 0 Å². The molecule has 9 aliphatic rings. The fraction of sp³-hybridized carbons (Fsp3) is 0.472. The first-order valence-corrected chi connectivity index (χ1v) is 28.0. The van der Waals surface area contributed by atoms with Gasteiger partial charge in [-0.15, -0.1) is 13.0 Å². The van der Waals surface area contributed by atoms with Gasteiger partial charge >= 0.3 is 0 Å². The van der Waals surface area contributed by atoms with Crippen molar-refractivity contribution in [1.82, 2.24) is 0 Å². The van der Waals surface area contributed by atoms with Gasteiger partial charge in [0.2, 0.25) is 0 Å². The van der Waals surface area contributed by atoms with Crippen LogP contribution in [0.5, 0.6) is 0 Å². The monoisotopic (exact) mass is 969 g/mol. The lowest BCUT2D eigenvalue weighted by Crippen LogP contribution is -2.03. The van der Waals surface area contributed by atoms with Crippen LogP contribution in [0.4, 0.5) is 0 Å². The Bertz CT molecular complexity index is 2030. The minimum atomic E-state index is 0.434. The second-order valence-electron chi connectivity index (χ2n) is 21.1. The van der Waals surface area contributed by atoms with Crippen LogP contribution in [0.25, 0.3) is 0 Å². The van der Waals surface area contributed by atoms with E-state index in [1.54, 1.807) is 5.57 Å². The van der Waals surface area contributed by atoms with Crippen LogP contribution in [0.1, 0.15) is 198 Å². The van der Waals surface area contributed by atoms with Crippen molar-refractivity contribution in [2.45, 2.75) is 198 Å². The molecule has 0 aromatic heterocycles. The molecule has 0 aromatic carbocycles. The zero-order valence-corrected chi connectivity index (χ0v) is 48.1. The van der Waals surface area contributed by atoms with Crippen molar-refractivity contribution in [1.29, 1.82) is 0 Å². The maximum atomic E-state index is 5.20. The van der Waals surface area contributed by atoms with E-state index in [4.69, 9.17) is 6.42 Å². The van der Waals surface area contributed by atoms with Crippen molar-refractivity contribution < 1.29 is 0 Å². The molecule has 72 heavy (non-hydrogen) atoms. The molecule has 1 fully saturated rings. The third kappa shape index (κ3) is 35.1. The Labute approximate surface area is 446 Å². The SMILES string of the molecule is C#CC1C=CCCC1.C=C1CCC(=C)CC1.C=CC1C=CC=CC1.CC1=CC=C(C)CC1.CC1=CCC(C)=CC1.CC1=CCC=C(C)C1.CC1=CCCC=C1C.CC1C=CC=CC1C.CCC1=CCC=CC1. The summed E-state index contributed by atoms with van der Waals surface area (Å²) in [6.07, 6.45) is 76.4. The van der Waals surface area contributed by atoms with Crippen LogP contribution in [-0.2, 0) is 0 Å². The van der Waals surface area contributed by atoms with Crippen molar-refractivity contribution >= 4 is 0 Å². The zero-order valence-electron chi connectivity index (χ0n) is 48.1. The van der Waals surface area contributed by atoms with Crippen molar-refractivity contribution in [2.75, 3.05) is 0 Å². The summed E-state index contributed by atoms with van der Waals surface area (Å²) in [5.41, 5.74) is 16.4. The molecule has 0 heterocycles. The van der Waals surface area contributed by atoms with Gasteiger partial charge in [-0.2, -0.15) is 0 Å². The quantitative estimate of drug-likeness (QED) is 0.191. The lowest BCUT2D eigenvalue weighted by molar-refractivity contribution is 0.552. The van der Waals surface area contributed by atoms with Gasteiger partial charge in [0.1, 0.15) is 0 Å². The zero-order chi connectivity index (χ0) is 53.4. The van der Waals surface area contributed by atoms with Crippen LogP contribution in [0.3, 0.4) is 0 Å². The summed E-state index contributed by atoms with van der Waals surface area (Å²) in [7, 11) is 0. The van der Waals surface area contributed by atoms with E-state index in [2.05, 4.69) is 229 Å². The van der Waals surface area contributed by atoms with Gasteiger partial charge in [-0.25, -0.2) is 0 Å². The normalized spacial score (nSPS) is 23.1. The smallest absolute Gasteiger partial charge is 0.0380 e. The lowest BCUT2D eigenvalue weighted by Gasteiger charge is -2.13. The summed E-state index contributed by atoms with van der Waals surface area (Å²) in [5, 5.41) is 0. The third-order valence-electron chi connectivity index (χ3n) is 14.1. The molecule has 0 nitrogen and oxygen atoms in total. The Balaban J connectivity index is 0.000000405. The third-order valence-corrected chi connectivity index (χ3v) is 14.1. The van der Waals surface area contributed by atoms with E-state index in [1.165, 1.54) is 158 Å². The van der Waals surface area contributed by atoms with Crippen molar-refractivity contribution in [3.8, 4) is 12.3 Å². The highest BCUT2D eigenvalue weighted by atomic mass is 14.1. The summed E-state index contributed by atoms with van der Waals surface area (Å²) >= 11 is 0. The van der Waals surface area contributed by atoms with E-state index in [0.717, 1.165) is 31.1 Å². The van der Waals surface area contributed by atoms with Gasteiger partial charge < -0.3 is 0 Å². The Morgan fingerprint density at radius 2 is 1.07 bits per heavy atom. The fourth-order valence-electron chi connectivity index (χ4n) is 8.10. The van der Waals surface area contributed by atoms with Gasteiger partial charge in [0, 0.05) is 5.92 Å². The van der Waals surface area contributed by atoms with Crippen LogP contribution < -0.4 is 0 Å². The summed E-state index contributed by atoms with van der Waals surface area (Å²) in [5.74, 6) is 5.21. The second-order valence-corrected chi connectivity index (χ2v) is 21.1. The van der Waals surface area contributed by atoms with Gasteiger partial charge in [0.15, 0.2) is 0 Å².